The number of hydrogen-bond acceptors (Lipinski definition) is 6. The fraction of sp³-hybridized carbons (Fsp3) is 0.625. The van der Waals surface area contributed by atoms with E-state index in [1.165, 1.54) is 0 Å². The Kier molecular flexibility index (Phi) is 3.58. The van der Waals surface area contributed by atoms with Gasteiger partial charge in [-0.3, -0.25) is 0 Å². The first-order valence-corrected chi connectivity index (χ1v) is 4.38. The highest BCUT2D eigenvalue weighted by Crippen LogP contribution is 2.01. The number of nitrogens with zero attached hydrogens (tertiary/aromatic N) is 2. The third-order valence-electron chi connectivity index (χ3n) is 1.42. The van der Waals surface area contributed by atoms with Gasteiger partial charge in [-0.1, -0.05) is 0 Å². The quantitative estimate of drug-likeness (QED) is 0.693. The van der Waals surface area contributed by atoms with Gasteiger partial charge in [0, 0.05) is 12.5 Å². The van der Waals surface area contributed by atoms with Crippen LogP contribution in [0.5, 0.6) is 0 Å². The minimum atomic E-state index is -0.577. The van der Waals surface area contributed by atoms with Crippen molar-refractivity contribution in [2.75, 3.05) is 6.61 Å². The average molecular weight is 199 g/mol. The predicted molar refractivity (Wildman–Crippen MR) is 47.6 cm³/mol. The van der Waals surface area contributed by atoms with Crippen LogP contribution in [0.2, 0.25) is 0 Å². The molecule has 0 aromatic carbocycles. The standard InChI is InChI=1S/C8H13N3O3/c1-3-13-8(12)7-10-6(14-11-7)4-5(2)9/h5H,3-4,9H2,1-2H3. The fourth-order valence-corrected chi connectivity index (χ4v) is 0.892. The van der Waals surface area contributed by atoms with Crippen LogP contribution < -0.4 is 5.73 Å². The molecule has 2 N–H and O–H groups in total. The highest BCUT2D eigenvalue weighted by atomic mass is 16.5. The van der Waals surface area contributed by atoms with Gasteiger partial charge >= 0.3 is 5.97 Å². The van der Waals surface area contributed by atoms with Crippen LogP contribution >= 0.6 is 0 Å². The topological polar surface area (TPSA) is 91.2 Å². The van der Waals surface area contributed by atoms with Gasteiger partial charge in [-0.25, -0.2) is 4.79 Å². The van der Waals surface area contributed by atoms with Crippen molar-refractivity contribution in [1.29, 1.82) is 0 Å². The second-order valence-electron chi connectivity index (χ2n) is 2.91. The molecule has 0 bridgehead atoms. The van der Waals surface area contributed by atoms with E-state index in [2.05, 4.69) is 10.1 Å². The summed E-state index contributed by atoms with van der Waals surface area (Å²) in [4.78, 5) is 14.9. The van der Waals surface area contributed by atoms with Gasteiger partial charge in [0.2, 0.25) is 5.89 Å². The minimum absolute atomic E-state index is 0.0532. The zero-order valence-electron chi connectivity index (χ0n) is 8.19. The van der Waals surface area contributed by atoms with Crippen LogP contribution in [0, 0.1) is 0 Å². The Bertz CT molecular complexity index is 309. The van der Waals surface area contributed by atoms with Gasteiger partial charge in [0.15, 0.2) is 0 Å². The highest BCUT2D eigenvalue weighted by Gasteiger charge is 2.15. The first kappa shape index (κ1) is 10.6. The molecule has 14 heavy (non-hydrogen) atoms. The lowest BCUT2D eigenvalue weighted by Crippen LogP contribution is -2.18. The number of carbonyl (C=O) groups excluding carboxylic acids is 1. The van der Waals surface area contributed by atoms with E-state index >= 15 is 0 Å². The molecule has 6 heteroatoms. The zero-order chi connectivity index (χ0) is 10.6. The van der Waals surface area contributed by atoms with Crippen molar-refractivity contribution in [3.8, 4) is 0 Å². The summed E-state index contributed by atoms with van der Waals surface area (Å²) in [6.07, 6.45) is 0.451. The van der Waals surface area contributed by atoms with Crippen molar-refractivity contribution < 1.29 is 14.1 Å². The van der Waals surface area contributed by atoms with Crippen molar-refractivity contribution >= 4 is 5.97 Å². The molecular formula is C8H13N3O3. The van der Waals surface area contributed by atoms with Crippen molar-refractivity contribution in [3.05, 3.63) is 11.7 Å². The lowest BCUT2D eigenvalue weighted by atomic mass is 10.2. The van der Waals surface area contributed by atoms with E-state index < -0.39 is 5.97 Å². The normalized spacial score (nSPS) is 12.5. The Morgan fingerprint density at radius 1 is 1.71 bits per heavy atom. The number of carbonyl (C=O) groups is 1. The molecular weight excluding hydrogens is 186 g/mol. The third-order valence-corrected chi connectivity index (χ3v) is 1.42. The smallest absolute Gasteiger partial charge is 0.379 e. The number of esters is 1. The molecule has 0 saturated heterocycles. The van der Waals surface area contributed by atoms with Crippen molar-refractivity contribution in [3.63, 3.8) is 0 Å². The molecule has 1 atom stereocenters. The summed E-state index contributed by atoms with van der Waals surface area (Å²) in [5.41, 5.74) is 5.52. The first-order chi connectivity index (χ1) is 6.63. The van der Waals surface area contributed by atoms with Gasteiger partial charge in [-0.2, -0.15) is 4.98 Å². The van der Waals surface area contributed by atoms with E-state index in [4.69, 9.17) is 15.0 Å². The van der Waals surface area contributed by atoms with Gasteiger partial charge < -0.3 is 15.0 Å². The lowest BCUT2D eigenvalue weighted by molar-refractivity contribution is 0.0508. The molecule has 0 aliphatic heterocycles. The summed E-state index contributed by atoms with van der Waals surface area (Å²) in [7, 11) is 0. The minimum Gasteiger partial charge on any atom is -0.460 e. The summed E-state index contributed by atoms with van der Waals surface area (Å²) >= 11 is 0. The Morgan fingerprint density at radius 3 is 3.00 bits per heavy atom. The third kappa shape index (κ3) is 2.81. The van der Waals surface area contributed by atoms with Gasteiger partial charge in [0.1, 0.15) is 0 Å². The van der Waals surface area contributed by atoms with E-state index in [9.17, 15) is 4.79 Å². The summed E-state index contributed by atoms with van der Waals surface area (Å²) in [5.74, 6) is -0.280. The predicted octanol–water partition coefficient (Wildman–Crippen LogP) is 0.136. The average Bonchev–Trinajstić information content (AvgIpc) is 2.52. The van der Waals surface area contributed by atoms with Crippen molar-refractivity contribution in [1.82, 2.24) is 10.1 Å². The maximum atomic E-state index is 11.1. The second-order valence-corrected chi connectivity index (χ2v) is 2.91. The Labute approximate surface area is 81.4 Å². The van der Waals surface area contributed by atoms with E-state index in [1.807, 2.05) is 6.92 Å². The molecule has 6 nitrogen and oxygen atoms in total. The molecule has 0 radical (unpaired) electrons. The molecule has 0 saturated carbocycles. The van der Waals surface area contributed by atoms with Gasteiger partial charge in [-0.15, -0.1) is 0 Å². The van der Waals surface area contributed by atoms with Crippen LogP contribution in [-0.2, 0) is 11.2 Å². The zero-order valence-corrected chi connectivity index (χ0v) is 8.19. The second kappa shape index (κ2) is 4.71. The Morgan fingerprint density at radius 2 is 2.43 bits per heavy atom. The first-order valence-electron chi connectivity index (χ1n) is 4.38. The molecule has 0 fully saturated rings. The number of nitrogens with two attached hydrogens (primary N) is 1. The van der Waals surface area contributed by atoms with Crippen LogP contribution in [0.25, 0.3) is 0 Å². The van der Waals surface area contributed by atoms with E-state index in [-0.39, 0.29) is 18.5 Å². The number of ether oxygens (including phenoxy) is 1. The number of hydrogen-bond donors (Lipinski definition) is 1. The molecule has 0 aliphatic carbocycles. The Hall–Kier alpha value is -1.43. The maximum Gasteiger partial charge on any atom is 0.379 e. The van der Waals surface area contributed by atoms with E-state index in [0.717, 1.165) is 0 Å². The van der Waals surface area contributed by atoms with E-state index in [0.29, 0.717) is 12.3 Å². The summed E-state index contributed by atoms with van der Waals surface area (Å²) in [6, 6.07) is -0.0782. The van der Waals surface area contributed by atoms with Gasteiger partial charge in [0.05, 0.1) is 6.61 Å². The molecule has 0 spiro atoms. The molecule has 1 heterocycles. The number of rotatable bonds is 4. The summed E-state index contributed by atoms with van der Waals surface area (Å²) in [6.45, 7) is 3.81. The van der Waals surface area contributed by atoms with Crippen LogP contribution in [-0.4, -0.2) is 28.8 Å². The molecule has 78 valence electrons. The van der Waals surface area contributed by atoms with E-state index in [1.54, 1.807) is 6.92 Å². The number of aromatic nitrogens is 2. The van der Waals surface area contributed by atoms with Crippen LogP contribution in [0.3, 0.4) is 0 Å². The summed E-state index contributed by atoms with van der Waals surface area (Å²) in [5, 5.41) is 3.47. The molecule has 1 rings (SSSR count). The summed E-state index contributed by atoms with van der Waals surface area (Å²) < 4.78 is 9.49. The maximum absolute atomic E-state index is 11.1. The SMILES string of the molecule is CCOC(=O)c1noc(CC(C)N)n1. The molecule has 1 unspecified atom stereocenters. The van der Waals surface area contributed by atoms with Crippen molar-refractivity contribution in [2.45, 2.75) is 26.3 Å². The van der Waals surface area contributed by atoms with Crippen LogP contribution in [0.15, 0.2) is 4.52 Å². The largest absolute Gasteiger partial charge is 0.460 e. The fourth-order valence-electron chi connectivity index (χ4n) is 0.892. The van der Waals surface area contributed by atoms with Crippen molar-refractivity contribution in [2.24, 2.45) is 5.73 Å². The lowest BCUT2D eigenvalue weighted by Gasteiger charge is -1.96. The van der Waals surface area contributed by atoms with Gasteiger partial charge in [0.25, 0.3) is 5.82 Å². The van der Waals surface area contributed by atoms with Gasteiger partial charge in [-0.05, 0) is 19.0 Å². The Balaban J connectivity index is 2.63. The van der Waals surface area contributed by atoms with Crippen LogP contribution in [0.4, 0.5) is 0 Å². The molecule has 1 aromatic heterocycles. The molecule has 0 aliphatic rings. The molecule has 0 amide bonds. The van der Waals surface area contributed by atoms with Crippen LogP contribution in [0.1, 0.15) is 30.4 Å². The highest BCUT2D eigenvalue weighted by molar-refractivity contribution is 5.84. The monoisotopic (exact) mass is 199 g/mol. The molecule has 1 aromatic rings.